The number of carbonyl (C=O) groups excluding carboxylic acids is 2. The molecule has 3 unspecified atom stereocenters. The summed E-state index contributed by atoms with van der Waals surface area (Å²) in [6.07, 6.45) is 4.55. The number of dihydropyridines is 1. The first-order valence-electron chi connectivity index (χ1n) is 11.3. The van der Waals surface area contributed by atoms with Gasteiger partial charge in [0, 0.05) is 34.6 Å². The molecule has 2 aliphatic heterocycles. The summed E-state index contributed by atoms with van der Waals surface area (Å²) in [7, 11) is 1.39. The van der Waals surface area contributed by atoms with Crippen LogP contribution in [0.2, 0.25) is 0 Å². The zero-order chi connectivity index (χ0) is 22.9. The van der Waals surface area contributed by atoms with Crippen molar-refractivity contribution in [2.45, 2.75) is 37.4 Å². The third kappa shape index (κ3) is 4.06. The molecule has 0 bridgehead atoms. The molecule has 0 radical (unpaired) electrons. The van der Waals surface area contributed by atoms with Crippen LogP contribution in [0.3, 0.4) is 0 Å². The number of methoxy groups -OCH3 is 1. The fraction of sp³-hybridized carbons (Fsp3) is 0.286. The van der Waals surface area contributed by atoms with Gasteiger partial charge in [-0.15, -0.1) is 11.8 Å². The van der Waals surface area contributed by atoms with Crippen molar-refractivity contribution < 1.29 is 14.3 Å². The summed E-state index contributed by atoms with van der Waals surface area (Å²) in [6, 6.07) is 18.4. The Balaban J connectivity index is 1.55. The predicted molar refractivity (Wildman–Crippen MR) is 132 cm³/mol. The molecule has 168 valence electrons. The van der Waals surface area contributed by atoms with Gasteiger partial charge in [-0.05, 0) is 47.8 Å². The highest BCUT2D eigenvalue weighted by Crippen LogP contribution is 2.46. The first-order valence-corrected chi connectivity index (χ1v) is 12.3. The second-order valence-corrected chi connectivity index (χ2v) is 9.99. The molecule has 0 saturated carbocycles. The number of allylic oxidation sites excluding steroid dienone is 4. The van der Waals surface area contributed by atoms with Crippen LogP contribution in [0.4, 0.5) is 0 Å². The number of rotatable bonds is 4. The minimum Gasteiger partial charge on any atom is -0.466 e. The van der Waals surface area contributed by atoms with E-state index in [1.165, 1.54) is 7.11 Å². The molecule has 33 heavy (non-hydrogen) atoms. The van der Waals surface area contributed by atoms with E-state index in [-0.39, 0.29) is 5.78 Å². The Labute approximate surface area is 198 Å². The first-order chi connectivity index (χ1) is 16.1. The van der Waals surface area contributed by atoms with Crippen LogP contribution in [-0.4, -0.2) is 24.1 Å². The van der Waals surface area contributed by atoms with Gasteiger partial charge in [-0.3, -0.25) is 4.79 Å². The van der Waals surface area contributed by atoms with Gasteiger partial charge in [0.15, 0.2) is 5.78 Å². The van der Waals surface area contributed by atoms with E-state index in [4.69, 9.17) is 4.74 Å². The Morgan fingerprint density at radius 2 is 1.76 bits per heavy atom. The maximum Gasteiger partial charge on any atom is 0.336 e. The fourth-order valence-electron chi connectivity index (χ4n) is 5.25. The molecule has 1 N–H and O–H groups in total. The number of nitrogens with one attached hydrogen (secondary N) is 1. The Morgan fingerprint density at radius 3 is 2.42 bits per heavy atom. The van der Waals surface area contributed by atoms with E-state index >= 15 is 0 Å². The number of esters is 1. The molecule has 5 rings (SSSR count). The largest absolute Gasteiger partial charge is 0.466 e. The molecular formula is C28H27NO3S. The summed E-state index contributed by atoms with van der Waals surface area (Å²) in [5.41, 5.74) is 6.15. The fourth-order valence-corrected chi connectivity index (χ4v) is 6.31. The SMILES string of the molecule is COC(=O)C1=C(C)NC2=C(C(=O)CC(C3CC=CS3)C2)C1c1ccc(-c2ccccc2)cc1. The molecule has 2 aromatic rings. The molecule has 5 heteroatoms. The lowest BCUT2D eigenvalue weighted by Gasteiger charge is -2.37. The normalized spacial score (nSPS) is 24.5. The molecule has 0 saturated heterocycles. The highest BCUT2D eigenvalue weighted by Gasteiger charge is 2.42. The van der Waals surface area contributed by atoms with Gasteiger partial charge in [0.25, 0.3) is 0 Å². The molecule has 3 atom stereocenters. The van der Waals surface area contributed by atoms with E-state index in [1.54, 1.807) is 0 Å². The van der Waals surface area contributed by atoms with Crippen molar-refractivity contribution in [1.82, 2.24) is 5.32 Å². The van der Waals surface area contributed by atoms with Crippen molar-refractivity contribution in [2.75, 3.05) is 7.11 Å². The van der Waals surface area contributed by atoms with Crippen molar-refractivity contribution >= 4 is 23.5 Å². The van der Waals surface area contributed by atoms with E-state index in [2.05, 4.69) is 41.1 Å². The Bertz CT molecular complexity index is 1170. The van der Waals surface area contributed by atoms with Crippen LogP contribution < -0.4 is 5.32 Å². The second kappa shape index (κ2) is 9.06. The van der Waals surface area contributed by atoms with Crippen molar-refractivity contribution in [3.8, 4) is 11.1 Å². The molecule has 4 nitrogen and oxygen atoms in total. The van der Waals surface area contributed by atoms with Crippen LogP contribution in [0.1, 0.15) is 37.7 Å². The lowest BCUT2D eigenvalue weighted by molar-refractivity contribution is -0.136. The predicted octanol–water partition coefficient (Wildman–Crippen LogP) is 5.74. The smallest absolute Gasteiger partial charge is 0.336 e. The summed E-state index contributed by atoms with van der Waals surface area (Å²) in [6.45, 7) is 1.90. The third-order valence-corrected chi connectivity index (χ3v) is 8.14. The van der Waals surface area contributed by atoms with Crippen molar-refractivity contribution in [2.24, 2.45) is 5.92 Å². The zero-order valence-electron chi connectivity index (χ0n) is 18.8. The monoisotopic (exact) mass is 457 g/mol. The highest BCUT2D eigenvalue weighted by molar-refractivity contribution is 8.03. The summed E-state index contributed by atoms with van der Waals surface area (Å²) < 4.78 is 5.14. The Morgan fingerprint density at radius 1 is 1.03 bits per heavy atom. The quantitative estimate of drug-likeness (QED) is 0.594. The standard InChI is InChI=1S/C28H27NO3S/c1-17-25(28(31)32-2)26(20-12-10-19(11-13-20)18-7-4-3-5-8-18)27-22(29-17)15-21(16-23(27)30)24-9-6-14-33-24/h3-8,10-14,21,24,26,29H,9,15-16H2,1-2H3. The van der Waals surface area contributed by atoms with Crippen LogP contribution in [-0.2, 0) is 14.3 Å². The summed E-state index contributed by atoms with van der Waals surface area (Å²) in [5, 5.41) is 6.00. The molecule has 0 spiro atoms. The van der Waals surface area contributed by atoms with Gasteiger partial charge in [-0.2, -0.15) is 0 Å². The van der Waals surface area contributed by atoms with Gasteiger partial charge in [-0.1, -0.05) is 60.7 Å². The van der Waals surface area contributed by atoms with Gasteiger partial charge in [0.1, 0.15) is 0 Å². The number of hydrogen-bond donors (Lipinski definition) is 1. The molecular weight excluding hydrogens is 430 g/mol. The van der Waals surface area contributed by atoms with Crippen LogP contribution in [0.25, 0.3) is 11.1 Å². The van der Waals surface area contributed by atoms with E-state index in [9.17, 15) is 9.59 Å². The number of benzene rings is 2. The number of ketones is 1. The lowest BCUT2D eigenvalue weighted by atomic mass is 9.72. The van der Waals surface area contributed by atoms with Crippen molar-refractivity contribution in [1.29, 1.82) is 0 Å². The summed E-state index contributed by atoms with van der Waals surface area (Å²) in [4.78, 5) is 26.4. The molecule has 0 aromatic heterocycles. The average molecular weight is 458 g/mol. The number of ether oxygens (including phenoxy) is 1. The maximum absolute atomic E-state index is 13.5. The molecule has 1 aliphatic carbocycles. The minimum atomic E-state index is -0.415. The summed E-state index contributed by atoms with van der Waals surface area (Å²) in [5.74, 6) is -0.375. The first kappa shape index (κ1) is 21.8. The van der Waals surface area contributed by atoms with Crippen LogP contribution >= 0.6 is 11.8 Å². The molecule has 2 aromatic carbocycles. The van der Waals surface area contributed by atoms with E-state index in [1.807, 2.05) is 49.0 Å². The maximum atomic E-state index is 13.5. The van der Waals surface area contributed by atoms with Gasteiger partial charge in [0.2, 0.25) is 0 Å². The minimum absolute atomic E-state index is 0.132. The molecule has 2 heterocycles. The van der Waals surface area contributed by atoms with Crippen molar-refractivity contribution in [3.05, 3.63) is 94.2 Å². The Kier molecular flexibility index (Phi) is 5.98. The van der Waals surface area contributed by atoms with Gasteiger partial charge < -0.3 is 10.1 Å². The molecule has 3 aliphatic rings. The number of hydrogen-bond acceptors (Lipinski definition) is 5. The van der Waals surface area contributed by atoms with Gasteiger partial charge >= 0.3 is 5.97 Å². The lowest BCUT2D eigenvalue weighted by Crippen LogP contribution is -2.38. The second-order valence-electron chi connectivity index (χ2n) is 8.84. The van der Waals surface area contributed by atoms with Crippen LogP contribution in [0, 0.1) is 5.92 Å². The van der Waals surface area contributed by atoms with Crippen LogP contribution in [0.15, 0.2) is 88.6 Å². The molecule has 0 amide bonds. The zero-order valence-corrected chi connectivity index (χ0v) is 19.7. The Hall–Kier alpha value is -3.05. The number of carbonyl (C=O) groups is 2. The third-order valence-electron chi connectivity index (χ3n) is 6.86. The van der Waals surface area contributed by atoms with Gasteiger partial charge in [0.05, 0.1) is 12.7 Å². The topological polar surface area (TPSA) is 55.4 Å². The van der Waals surface area contributed by atoms with E-state index < -0.39 is 11.9 Å². The van der Waals surface area contributed by atoms with E-state index in [0.29, 0.717) is 23.2 Å². The number of Topliss-reactive ketones (excluding diaryl/α,β-unsaturated/α-hetero) is 1. The number of thioether (sulfide) groups is 1. The van der Waals surface area contributed by atoms with Crippen molar-refractivity contribution in [3.63, 3.8) is 0 Å². The highest BCUT2D eigenvalue weighted by atomic mass is 32.2. The summed E-state index contributed by atoms with van der Waals surface area (Å²) >= 11 is 1.83. The van der Waals surface area contributed by atoms with Crippen LogP contribution in [0.5, 0.6) is 0 Å². The average Bonchev–Trinajstić information content (AvgIpc) is 3.38. The van der Waals surface area contributed by atoms with E-state index in [0.717, 1.165) is 46.5 Å². The molecule has 0 fully saturated rings. The van der Waals surface area contributed by atoms with Gasteiger partial charge in [-0.25, -0.2) is 4.79 Å².